The van der Waals surface area contributed by atoms with Crippen LogP contribution in [0.25, 0.3) is 0 Å². The molecular weight excluding hydrogens is 243 g/mol. The molecule has 0 fully saturated rings. The van der Waals surface area contributed by atoms with Crippen molar-refractivity contribution in [2.45, 2.75) is 0 Å². The summed E-state index contributed by atoms with van der Waals surface area (Å²) in [5, 5.41) is 6.06. The third kappa shape index (κ3) is 33.8. The van der Waals surface area contributed by atoms with E-state index in [2.05, 4.69) is 11.5 Å². The summed E-state index contributed by atoms with van der Waals surface area (Å²) in [4.78, 5) is 0. The lowest BCUT2D eigenvalue weighted by atomic mass is 10.8. The average molecular weight is 253 g/mol. The van der Waals surface area contributed by atoms with E-state index < -0.39 is 15.9 Å². The highest BCUT2D eigenvalue weighted by Crippen LogP contribution is 1.97. The molecule has 6 N–H and O–H groups in total. The molecule has 0 aliphatic rings. The lowest BCUT2D eigenvalue weighted by molar-refractivity contribution is 0.479. The first-order valence-electron chi connectivity index (χ1n) is 2.79. The minimum absolute atomic E-state index is 0.109. The van der Waals surface area contributed by atoms with E-state index in [9.17, 15) is 8.42 Å². The predicted molar refractivity (Wildman–Crippen MR) is 50.9 cm³/mol. The molecule has 0 aromatic rings. The number of guanidine groups is 1. The first kappa shape index (κ1) is 15.2. The Balaban J connectivity index is 0. The minimum Gasteiger partial charge on any atom is -0.370 e. The summed E-state index contributed by atoms with van der Waals surface area (Å²) < 4.78 is 28.6. The Hall–Kier alpha value is -0.280. The van der Waals surface area contributed by atoms with Gasteiger partial charge in [0.2, 0.25) is 0 Å². The highest BCUT2D eigenvalue weighted by Gasteiger charge is 2.05. The fourth-order valence-corrected chi connectivity index (χ4v) is 0.967. The van der Waals surface area contributed by atoms with E-state index in [1.807, 2.05) is 0 Å². The summed E-state index contributed by atoms with van der Waals surface area (Å²) in [6, 6.07) is 0. The van der Waals surface area contributed by atoms with Crippen LogP contribution in [0.1, 0.15) is 0 Å². The first-order chi connectivity index (χ1) is 5.65. The van der Waals surface area contributed by atoms with Crippen LogP contribution in [0.2, 0.25) is 0 Å². The van der Waals surface area contributed by atoms with Crippen molar-refractivity contribution in [1.82, 2.24) is 3.94 Å². The second kappa shape index (κ2) is 7.15. The lowest BCUT2D eigenvalue weighted by Crippen LogP contribution is -2.20. The second-order valence-electron chi connectivity index (χ2n) is 1.77. The third-order valence-corrected chi connectivity index (χ3v) is 1.55. The monoisotopic (exact) mass is 252 g/mol. The molecule has 0 aliphatic carbocycles. The average Bonchev–Trinajstić information content (AvgIpc) is 1.80. The summed E-state index contributed by atoms with van der Waals surface area (Å²) in [5.41, 5.74) is 8.94. The number of hydrogen-bond donors (Lipinski definition) is 4. The van der Waals surface area contributed by atoms with Gasteiger partial charge in [-0.2, -0.15) is 8.42 Å². The molecule has 0 aromatic carbocycles. The van der Waals surface area contributed by atoms with Crippen molar-refractivity contribution in [2.75, 3.05) is 12.3 Å². The largest absolute Gasteiger partial charge is 0.370 e. The van der Waals surface area contributed by atoms with Gasteiger partial charge in [-0.25, -0.2) is 0 Å². The van der Waals surface area contributed by atoms with Crippen molar-refractivity contribution in [1.29, 1.82) is 5.41 Å². The molecular formula is C3H10Cl2N4O3S. The Morgan fingerprint density at radius 3 is 1.85 bits per heavy atom. The van der Waals surface area contributed by atoms with Crippen LogP contribution in [0.5, 0.6) is 0 Å². The van der Waals surface area contributed by atoms with Crippen LogP contribution in [-0.4, -0.2) is 35.2 Å². The first-order valence-corrected chi connectivity index (χ1v) is 5.07. The standard InChI is InChI=1S/C2H5Cl2NO3S.CH5N3/c3-5(4)1-2-9(6,7)8;2-1(3)4/h1-2H2,(H,6,7,8);(H5,2,3,4). The van der Waals surface area contributed by atoms with Crippen LogP contribution in [0.15, 0.2) is 0 Å². The summed E-state index contributed by atoms with van der Waals surface area (Å²) in [6.45, 7) is -0.109. The minimum atomic E-state index is -3.93. The number of rotatable bonds is 3. The van der Waals surface area contributed by atoms with Gasteiger partial charge in [-0.15, -0.1) is 3.94 Å². The summed E-state index contributed by atoms with van der Waals surface area (Å²) >= 11 is 10.0. The highest BCUT2D eigenvalue weighted by atomic mass is 35.5. The van der Waals surface area contributed by atoms with Crippen LogP contribution >= 0.6 is 23.6 Å². The molecule has 0 aliphatic heterocycles. The van der Waals surface area contributed by atoms with Gasteiger partial charge in [0.15, 0.2) is 5.96 Å². The molecule has 0 unspecified atom stereocenters. The Kier molecular flexibility index (Phi) is 8.37. The molecule has 0 spiro atoms. The predicted octanol–water partition coefficient (Wildman–Crippen LogP) is -0.678. The topological polar surface area (TPSA) is 134 Å². The van der Waals surface area contributed by atoms with Crippen molar-refractivity contribution < 1.29 is 13.0 Å². The Morgan fingerprint density at radius 2 is 1.77 bits per heavy atom. The molecule has 0 saturated heterocycles. The van der Waals surface area contributed by atoms with Gasteiger partial charge < -0.3 is 11.5 Å². The number of nitrogens with one attached hydrogen (secondary N) is 1. The van der Waals surface area contributed by atoms with Gasteiger partial charge in [0.05, 0.1) is 5.75 Å². The zero-order valence-corrected chi connectivity index (χ0v) is 8.77. The fraction of sp³-hybridized carbons (Fsp3) is 0.667. The van der Waals surface area contributed by atoms with Crippen LogP contribution in [-0.2, 0) is 10.1 Å². The third-order valence-electron chi connectivity index (χ3n) is 0.518. The Labute approximate surface area is 86.1 Å². The number of hydrogen-bond acceptors (Lipinski definition) is 4. The molecule has 0 amide bonds. The van der Waals surface area contributed by atoms with Gasteiger partial charge in [-0.1, -0.05) is 0 Å². The summed E-state index contributed by atoms with van der Waals surface area (Å²) in [5.74, 6) is -0.792. The number of halogens is 2. The van der Waals surface area contributed by atoms with E-state index in [4.69, 9.17) is 33.5 Å². The van der Waals surface area contributed by atoms with Crippen LogP contribution < -0.4 is 11.5 Å². The van der Waals surface area contributed by atoms with E-state index in [-0.39, 0.29) is 12.5 Å². The summed E-state index contributed by atoms with van der Waals surface area (Å²) in [7, 11) is -3.93. The van der Waals surface area contributed by atoms with E-state index >= 15 is 0 Å². The summed E-state index contributed by atoms with van der Waals surface area (Å²) in [6.07, 6.45) is 0. The molecule has 10 heteroatoms. The highest BCUT2D eigenvalue weighted by molar-refractivity contribution is 7.85. The second-order valence-corrected chi connectivity index (χ2v) is 4.33. The van der Waals surface area contributed by atoms with Gasteiger partial charge in [0.1, 0.15) is 0 Å². The van der Waals surface area contributed by atoms with Crippen LogP contribution in [0, 0.1) is 5.41 Å². The smallest absolute Gasteiger partial charge is 0.266 e. The molecule has 0 atom stereocenters. The lowest BCUT2D eigenvalue weighted by Gasteiger charge is -1.99. The van der Waals surface area contributed by atoms with Gasteiger partial charge in [-0.05, 0) is 23.6 Å². The maximum absolute atomic E-state index is 9.95. The van der Waals surface area contributed by atoms with Gasteiger partial charge in [-0.3, -0.25) is 9.96 Å². The Bertz CT molecular complexity index is 237. The normalized spacial score (nSPS) is 10.5. The molecule has 0 heterocycles. The molecule has 0 radical (unpaired) electrons. The van der Waals surface area contributed by atoms with Crippen molar-refractivity contribution in [2.24, 2.45) is 11.5 Å². The van der Waals surface area contributed by atoms with E-state index in [1.165, 1.54) is 0 Å². The fourth-order valence-electron chi connectivity index (χ4n) is 0.184. The zero-order valence-electron chi connectivity index (χ0n) is 6.44. The van der Waals surface area contributed by atoms with Crippen molar-refractivity contribution >= 4 is 39.6 Å². The van der Waals surface area contributed by atoms with Crippen LogP contribution in [0.4, 0.5) is 0 Å². The quantitative estimate of drug-likeness (QED) is 0.228. The molecule has 7 nitrogen and oxygen atoms in total. The molecule has 0 aromatic heterocycles. The van der Waals surface area contributed by atoms with E-state index in [1.54, 1.807) is 0 Å². The molecule has 0 rings (SSSR count). The molecule has 0 saturated carbocycles. The van der Waals surface area contributed by atoms with Gasteiger partial charge in [0, 0.05) is 6.54 Å². The SMILES string of the molecule is N=C(N)N.O=S(=O)(O)CCN(Cl)Cl. The number of nitrogens with two attached hydrogens (primary N) is 2. The maximum atomic E-state index is 9.95. The van der Waals surface area contributed by atoms with E-state index in [0.29, 0.717) is 3.94 Å². The Morgan fingerprint density at radius 1 is 1.46 bits per heavy atom. The molecule has 80 valence electrons. The molecule has 0 bridgehead atoms. The van der Waals surface area contributed by atoms with Crippen molar-refractivity contribution in [3.05, 3.63) is 0 Å². The van der Waals surface area contributed by atoms with Crippen molar-refractivity contribution in [3.63, 3.8) is 0 Å². The van der Waals surface area contributed by atoms with Crippen molar-refractivity contribution in [3.8, 4) is 0 Å². The van der Waals surface area contributed by atoms with Gasteiger partial charge in [0.25, 0.3) is 10.1 Å². The maximum Gasteiger partial charge on any atom is 0.266 e. The van der Waals surface area contributed by atoms with Gasteiger partial charge >= 0.3 is 0 Å². The zero-order chi connectivity index (χ0) is 11.1. The molecule has 13 heavy (non-hydrogen) atoms. The van der Waals surface area contributed by atoms with E-state index in [0.717, 1.165) is 0 Å². The number of nitrogens with zero attached hydrogens (tertiary/aromatic N) is 1. The van der Waals surface area contributed by atoms with Crippen LogP contribution in [0.3, 0.4) is 0 Å².